The van der Waals surface area contributed by atoms with Crippen LogP contribution >= 0.6 is 23.2 Å². The normalized spacial score (nSPS) is 17.9. The third kappa shape index (κ3) is 17.0. The Balaban J connectivity index is 0.000000280. The lowest BCUT2D eigenvalue weighted by atomic mass is 10.3. The van der Waals surface area contributed by atoms with Crippen LogP contribution in [0.1, 0.15) is 34.6 Å². The maximum absolute atomic E-state index is 12.0. The molecule has 0 saturated carbocycles. The van der Waals surface area contributed by atoms with Crippen LogP contribution in [0.15, 0.2) is 48.5 Å². The number of hydrogen-bond donors (Lipinski definition) is 1. The van der Waals surface area contributed by atoms with E-state index < -0.39 is 11.0 Å². The molecule has 3 atom stereocenters. The predicted octanol–water partition coefficient (Wildman–Crippen LogP) is 6.11. The number of para-hydroxylation sites is 4. The van der Waals surface area contributed by atoms with E-state index in [2.05, 4.69) is 10.1 Å². The standard InChI is InChI=1S/C17H25NO5.C13H19NO3.C3H4Cl2O2/c1-4-20-15-7-5-6-8-16(15)22-12-14-11-18(9-10-21-14)17(19)23-13(2)3;1-2-15-12-5-3-4-6-13(12)17-10-11-9-14-7-8-16-11;1-2(4)7-3(5)6/h5-8,13-14H,4,9-12H2,1-3H3;3-6,11,14H,2,7-10H2,1H3;2H,1H3. The molecule has 0 aromatic heterocycles. The van der Waals surface area contributed by atoms with Crippen molar-refractivity contribution in [3.05, 3.63) is 48.5 Å². The van der Waals surface area contributed by atoms with Gasteiger partial charge in [0.15, 0.2) is 28.6 Å². The molecule has 1 amide bonds. The number of nitrogens with zero attached hydrogens (tertiary/aromatic N) is 1. The summed E-state index contributed by atoms with van der Waals surface area (Å²) in [6.07, 6.45) is -0.488. The summed E-state index contributed by atoms with van der Waals surface area (Å²) in [6, 6.07) is 15.2. The molecule has 47 heavy (non-hydrogen) atoms. The van der Waals surface area contributed by atoms with Crippen molar-refractivity contribution in [2.24, 2.45) is 0 Å². The van der Waals surface area contributed by atoms with Gasteiger partial charge in [0.2, 0.25) is 0 Å². The van der Waals surface area contributed by atoms with E-state index in [0.29, 0.717) is 57.6 Å². The van der Waals surface area contributed by atoms with Crippen molar-refractivity contribution in [2.75, 3.05) is 65.8 Å². The van der Waals surface area contributed by atoms with E-state index >= 15 is 0 Å². The zero-order valence-corrected chi connectivity index (χ0v) is 29.3. The number of nitrogens with one attached hydrogen (secondary N) is 1. The number of ether oxygens (including phenoxy) is 8. The first-order valence-electron chi connectivity index (χ1n) is 15.7. The maximum atomic E-state index is 12.0. The molecular weight excluding hydrogens is 655 g/mol. The number of carbonyl (C=O) groups is 2. The van der Waals surface area contributed by atoms with Gasteiger partial charge in [0.25, 0.3) is 0 Å². The SMILES string of the molecule is CC(Cl)OC(=O)Cl.CCOc1ccccc1OCC1CN(C(=O)OC(C)C)CCO1.CCOc1ccccc1OCC1CNCCO1. The average molecular weight is 704 g/mol. The first kappa shape index (κ1) is 40.0. The highest BCUT2D eigenvalue weighted by molar-refractivity contribution is 6.61. The summed E-state index contributed by atoms with van der Waals surface area (Å²) in [5.74, 6) is 2.96. The van der Waals surface area contributed by atoms with Gasteiger partial charge in [-0.05, 0) is 58.9 Å². The summed E-state index contributed by atoms with van der Waals surface area (Å²) >= 11 is 9.87. The quantitative estimate of drug-likeness (QED) is 0.204. The number of amides is 1. The number of halogens is 2. The Morgan fingerprint density at radius 2 is 1.34 bits per heavy atom. The van der Waals surface area contributed by atoms with Crippen molar-refractivity contribution in [3.8, 4) is 23.0 Å². The topological polar surface area (TPSA) is 123 Å². The van der Waals surface area contributed by atoms with E-state index in [1.807, 2.05) is 76.2 Å². The predicted molar refractivity (Wildman–Crippen MR) is 179 cm³/mol. The van der Waals surface area contributed by atoms with Crippen LogP contribution in [0, 0.1) is 0 Å². The van der Waals surface area contributed by atoms with Crippen LogP contribution in [-0.4, -0.2) is 106 Å². The van der Waals surface area contributed by atoms with Crippen LogP contribution in [0.5, 0.6) is 23.0 Å². The molecule has 2 aromatic rings. The van der Waals surface area contributed by atoms with E-state index in [1.54, 1.807) is 4.90 Å². The van der Waals surface area contributed by atoms with Gasteiger partial charge in [-0.2, -0.15) is 0 Å². The van der Waals surface area contributed by atoms with E-state index in [-0.39, 0.29) is 24.4 Å². The highest BCUT2D eigenvalue weighted by Gasteiger charge is 2.26. The molecular formula is C33H48Cl2N2O10. The average Bonchev–Trinajstić information content (AvgIpc) is 3.04. The first-order valence-corrected chi connectivity index (χ1v) is 16.5. The number of carbonyl (C=O) groups excluding carboxylic acids is 2. The molecule has 0 radical (unpaired) electrons. The van der Waals surface area contributed by atoms with E-state index in [9.17, 15) is 9.59 Å². The molecule has 2 aliphatic heterocycles. The Kier molecular flexibility index (Phi) is 19.8. The summed E-state index contributed by atoms with van der Waals surface area (Å²) in [7, 11) is 0. The van der Waals surface area contributed by atoms with Crippen molar-refractivity contribution in [1.82, 2.24) is 10.2 Å². The summed E-state index contributed by atoms with van der Waals surface area (Å²) in [5, 5.41) is 3.27. The summed E-state index contributed by atoms with van der Waals surface area (Å²) in [5.41, 5.74) is -1.51. The van der Waals surface area contributed by atoms with Crippen LogP contribution in [0.4, 0.5) is 9.59 Å². The molecule has 0 spiro atoms. The number of alkyl halides is 1. The van der Waals surface area contributed by atoms with E-state index in [4.69, 9.17) is 56.4 Å². The zero-order valence-electron chi connectivity index (χ0n) is 27.8. The Bertz CT molecular complexity index is 1170. The number of benzene rings is 2. The third-order valence-electron chi connectivity index (χ3n) is 6.14. The third-order valence-corrected chi connectivity index (χ3v) is 6.32. The molecule has 2 aliphatic rings. The van der Waals surface area contributed by atoms with Crippen molar-refractivity contribution >= 4 is 34.7 Å². The fourth-order valence-corrected chi connectivity index (χ4v) is 4.43. The first-order chi connectivity index (χ1) is 22.6. The smallest absolute Gasteiger partial charge is 0.410 e. The molecule has 2 heterocycles. The second-order valence-electron chi connectivity index (χ2n) is 10.3. The highest BCUT2D eigenvalue weighted by atomic mass is 35.5. The largest absolute Gasteiger partial charge is 0.490 e. The molecule has 264 valence electrons. The molecule has 3 unspecified atom stereocenters. The second kappa shape index (κ2) is 23.2. The minimum atomic E-state index is -0.873. The van der Waals surface area contributed by atoms with Crippen molar-refractivity contribution in [2.45, 2.75) is 58.5 Å². The molecule has 14 heteroatoms. The van der Waals surface area contributed by atoms with Crippen LogP contribution in [0.2, 0.25) is 0 Å². The minimum Gasteiger partial charge on any atom is -0.490 e. The number of hydrogen-bond acceptors (Lipinski definition) is 11. The number of morpholine rings is 2. The van der Waals surface area contributed by atoms with Crippen LogP contribution in [0.25, 0.3) is 0 Å². The van der Waals surface area contributed by atoms with Gasteiger partial charge in [0, 0.05) is 31.2 Å². The molecule has 12 nitrogen and oxygen atoms in total. The Labute approximate surface area is 287 Å². The lowest BCUT2D eigenvalue weighted by Crippen LogP contribution is -2.48. The van der Waals surface area contributed by atoms with Crippen LogP contribution in [-0.2, 0) is 18.9 Å². The lowest BCUT2D eigenvalue weighted by Gasteiger charge is -2.32. The second-order valence-corrected chi connectivity index (χ2v) is 11.3. The lowest BCUT2D eigenvalue weighted by molar-refractivity contribution is -0.0482. The molecule has 2 aromatic carbocycles. The molecule has 0 aliphatic carbocycles. The molecule has 2 saturated heterocycles. The zero-order chi connectivity index (χ0) is 34.4. The minimum absolute atomic E-state index is 0.124. The molecule has 4 rings (SSSR count). The van der Waals surface area contributed by atoms with Gasteiger partial charge in [0.05, 0.1) is 39.1 Å². The maximum Gasteiger partial charge on any atom is 0.410 e. The monoisotopic (exact) mass is 702 g/mol. The fourth-order valence-electron chi connectivity index (χ4n) is 4.17. The van der Waals surface area contributed by atoms with Gasteiger partial charge in [-0.25, -0.2) is 9.59 Å². The molecule has 2 fully saturated rings. The number of rotatable bonds is 12. The fraction of sp³-hybridized carbons (Fsp3) is 0.576. The van der Waals surface area contributed by atoms with Crippen LogP contribution < -0.4 is 24.3 Å². The summed E-state index contributed by atoms with van der Waals surface area (Å²) < 4.78 is 43.2. The summed E-state index contributed by atoms with van der Waals surface area (Å²) in [4.78, 5) is 23.3. The van der Waals surface area contributed by atoms with Gasteiger partial charge in [-0.15, -0.1) is 0 Å². The van der Waals surface area contributed by atoms with Crippen molar-refractivity contribution in [1.29, 1.82) is 0 Å². The molecule has 1 N–H and O–H groups in total. The van der Waals surface area contributed by atoms with Crippen molar-refractivity contribution < 1.29 is 47.5 Å². The molecule has 0 bridgehead atoms. The highest BCUT2D eigenvalue weighted by Crippen LogP contribution is 2.27. The Hall–Kier alpha value is -3.16. The van der Waals surface area contributed by atoms with Crippen molar-refractivity contribution in [3.63, 3.8) is 0 Å². The van der Waals surface area contributed by atoms with Gasteiger partial charge in [-0.3, -0.25) is 0 Å². The van der Waals surface area contributed by atoms with Crippen LogP contribution in [0.3, 0.4) is 0 Å². The Morgan fingerprint density at radius 3 is 1.77 bits per heavy atom. The van der Waals surface area contributed by atoms with Gasteiger partial charge in [0.1, 0.15) is 25.4 Å². The van der Waals surface area contributed by atoms with E-state index in [1.165, 1.54) is 6.92 Å². The van der Waals surface area contributed by atoms with Gasteiger partial charge < -0.3 is 48.1 Å². The van der Waals surface area contributed by atoms with Gasteiger partial charge >= 0.3 is 11.5 Å². The summed E-state index contributed by atoms with van der Waals surface area (Å²) in [6.45, 7) is 15.2. The Morgan fingerprint density at radius 1 is 0.830 bits per heavy atom. The van der Waals surface area contributed by atoms with E-state index in [0.717, 1.165) is 31.2 Å². The van der Waals surface area contributed by atoms with Gasteiger partial charge in [-0.1, -0.05) is 35.9 Å².